The lowest BCUT2D eigenvalue weighted by Crippen LogP contribution is -2.28. The minimum atomic E-state index is -1.56. The lowest BCUT2D eigenvalue weighted by molar-refractivity contribution is 0.356. The second-order valence-electron chi connectivity index (χ2n) is 4.75. The van der Waals surface area contributed by atoms with Gasteiger partial charge in [-0.25, -0.2) is 0 Å². The molecular weight excluding hydrogens is 179 g/mol. The fourth-order valence-electron chi connectivity index (χ4n) is 4.01. The molecule has 2 nitrogen and oxygen atoms in total. The van der Waals surface area contributed by atoms with Crippen LogP contribution in [0.15, 0.2) is 0 Å². The van der Waals surface area contributed by atoms with E-state index in [0.29, 0.717) is 10.3 Å². The first-order valence-electron chi connectivity index (χ1n) is 5.54. The first-order valence-corrected chi connectivity index (χ1v) is 7.47. The molecule has 0 aromatic heterocycles. The van der Waals surface area contributed by atoms with E-state index in [4.69, 9.17) is 11.0 Å². The highest BCUT2D eigenvalue weighted by atomic mass is 31.2. The van der Waals surface area contributed by atoms with Crippen LogP contribution in [0.5, 0.6) is 0 Å². The van der Waals surface area contributed by atoms with Crippen LogP contribution in [0.4, 0.5) is 0 Å². The van der Waals surface area contributed by atoms with Crippen molar-refractivity contribution in [2.24, 2.45) is 11.0 Å². The molecule has 1 saturated carbocycles. The number of hydrogen-bond acceptors (Lipinski definition) is 2. The molecule has 13 heavy (non-hydrogen) atoms. The standard InChI is InChI=1S/C10H22N2P/c1-3-9-7-5-6-8-10(9,4-2)13(9,11)12/h3-8,11-12H2,1-2H3/q+1. The van der Waals surface area contributed by atoms with Crippen molar-refractivity contribution in [2.75, 3.05) is 0 Å². The van der Waals surface area contributed by atoms with Crippen LogP contribution in [0, 0.1) is 0 Å². The van der Waals surface area contributed by atoms with Gasteiger partial charge in [-0.1, -0.05) is 13.8 Å². The summed E-state index contributed by atoms with van der Waals surface area (Å²) in [6, 6.07) is 0. The van der Waals surface area contributed by atoms with Crippen molar-refractivity contribution in [3.8, 4) is 0 Å². The van der Waals surface area contributed by atoms with Gasteiger partial charge in [0.2, 0.25) is 0 Å². The van der Waals surface area contributed by atoms with E-state index < -0.39 is 7.56 Å². The highest BCUT2D eigenvalue weighted by Crippen LogP contribution is 2.94. The minimum Gasteiger partial charge on any atom is -0.188 e. The molecule has 1 aliphatic heterocycles. The van der Waals surface area contributed by atoms with Gasteiger partial charge in [0, 0.05) is 0 Å². The summed E-state index contributed by atoms with van der Waals surface area (Å²) in [7, 11) is -1.56. The summed E-state index contributed by atoms with van der Waals surface area (Å²) < 4.78 is 0. The van der Waals surface area contributed by atoms with Crippen molar-refractivity contribution in [3.63, 3.8) is 0 Å². The second kappa shape index (κ2) is 2.68. The summed E-state index contributed by atoms with van der Waals surface area (Å²) in [6.45, 7) is 4.55. The molecule has 76 valence electrons. The van der Waals surface area contributed by atoms with Gasteiger partial charge in [0.05, 0.1) is 0 Å². The zero-order chi connectivity index (χ0) is 9.74. The first-order chi connectivity index (χ1) is 6.08. The molecule has 2 rings (SSSR count). The summed E-state index contributed by atoms with van der Waals surface area (Å²) in [5.74, 6) is 0. The number of nitrogens with two attached hydrogens (primary N) is 2. The van der Waals surface area contributed by atoms with E-state index in [-0.39, 0.29) is 0 Å². The van der Waals surface area contributed by atoms with Gasteiger partial charge in [-0.2, -0.15) is 11.0 Å². The Balaban J connectivity index is 2.34. The summed E-state index contributed by atoms with van der Waals surface area (Å²) in [6.07, 6.45) is 7.73. The highest BCUT2D eigenvalue weighted by molar-refractivity contribution is 7.82. The quantitative estimate of drug-likeness (QED) is 0.675. The summed E-state index contributed by atoms with van der Waals surface area (Å²) in [5.41, 5.74) is 12.8. The lowest BCUT2D eigenvalue weighted by Gasteiger charge is -2.19. The molecular formula is C10H22N2P+. The van der Waals surface area contributed by atoms with E-state index in [1.807, 2.05) is 0 Å². The van der Waals surface area contributed by atoms with Crippen LogP contribution in [0.25, 0.3) is 0 Å². The molecule has 0 spiro atoms. The van der Waals surface area contributed by atoms with Crippen molar-refractivity contribution in [3.05, 3.63) is 0 Å². The van der Waals surface area contributed by atoms with Crippen LogP contribution in [0.2, 0.25) is 0 Å². The van der Waals surface area contributed by atoms with E-state index in [0.717, 1.165) is 0 Å². The van der Waals surface area contributed by atoms with Crippen LogP contribution < -0.4 is 11.0 Å². The first kappa shape index (κ1) is 9.89. The second-order valence-corrected chi connectivity index (χ2v) is 8.02. The van der Waals surface area contributed by atoms with Gasteiger partial charge in [-0.05, 0) is 38.5 Å². The van der Waals surface area contributed by atoms with Gasteiger partial charge in [-0.3, -0.25) is 0 Å². The molecule has 2 atom stereocenters. The van der Waals surface area contributed by atoms with Gasteiger partial charge in [0.15, 0.2) is 17.9 Å². The molecule has 2 unspecified atom stereocenters. The van der Waals surface area contributed by atoms with Crippen molar-refractivity contribution in [1.29, 1.82) is 0 Å². The average Bonchev–Trinajstić information content (AvgIpc) is 2.60. The number of hydrogen-bond donors (Lipinski definition) is 2. The molecule has 3 heteroatoms. The Bertz CT molecular complexity index is 207. The Kier molecular flexibility index (Phi) is 2.04. The molecule has 0 bridgehead atoms. The maximum atomic E-state index is 6.39. The highest BCUT2D eigenvalue weighted by Gasteiger charge is 2.91. The smallest absolute Gasteiger partial charge is 0.162 e. The zero-order valence-electron chi connectivity index (χ0n) is 8.84. The monoisotopic (exact) mass is 201 g/mol. The molecule has 1 aliphatic carbocycles. The lowest BCUT2D eigenvalue weighted by atomic mass is 9.77. The largest absolute Gasteiger partial charge is 0.188 e. The third-order valence-corrected chi connectivity index (χ3v) is 9.38. The molecule has 0 aromatic carbocycles. The minimum absolute atomic E-state index is 0.396. The predicted molar refractivity (Wildman–Crippen MR) is 59.8 cm³/mol. The SMILES string of the molecule is CCC12CCCCC1(CC)[P+]2(N)N. The molecule has 0 aromatic rings. The van der Waals surface area contributed by atoms with E-state index in [9.17, 15) is 0 Å². The summed E-state index contributed by atoms with van der Waals surface area (Å²) >= 11 is 0. The Hall–Kier alpha value is 0.350. The van der Waals surface area contributed by atoms with Crippen LogP contribution in [0.1, 0.15) is 52.4 Å². The maximum absolute atomic E-state index is 6.39. The van der Waals surface area contributed by atoms with Crippen LogP contribution in [0.3, 0.4) is 0 Å². The Morgan fingerprint density at radius 2 is 1.38 bits per heavy atom. The normalized spacial score (nSPS) is 47.1. The van der Waals surface area contributed by atoms with Gasteiger partial charge < -0.3 is 0 Å². The Morgan fingerprint density at radius 3 is 1.69 bits per heavy atom. The molecule has 1 heterocycles. The van der Waals surface area contributed by atoms with E-state index in [1.54, 1.807) is 0 Å². The molecule has 1 saturated heterocycles. The predicted octanol–water partition coefficient (Wildman–Crippen LogP) is 2.64. The third kappa shape index (κ3) is 0.813. The fraction of sp³-hybridized carbons (Fsp3) is 1.00. The molecule has 0 radical (unpaired) electrons. The van der Waals surface area contributed by atoms with Crippen LogP contribution >= 0.6 is 7.56 Å². The summed E-state index contributed by atoms with van der Waals surface area (Å²) in [5, 5.41) is 0.792. The van der Waals surface area contributed by atoms with Crippen molar-refractivity contribution < 1.29 is 0 Å². The number of rotatable bonds is 2. The van der Waals surface area contributed by atoms with Crippen molar-refractivity contribution >= 4 is 7.56 Å². The van der Waals surface area contributed by atoms with E-state index >= 15 is 0 Å². The van der Waals surface area contributed by atoms with Crippen molar-refractivity contribution in [1.82, 2.24) is 0 Å². The maximum Gasteiger partial charge on any atom is 0.162 e. The summed E-state index contributed by atoms with van der Waals surface area (Å²) in [4.78, 5) is 0. The third-order valence-electron chi connectivity index (χ3n) is 4.83. The zero-order valence-corrected chi connectivity index (χ0v) is 9.74. The van der Waals surface area contributed by atoms with Gasteiger partial charge in [0.25, 0.3) is 0 Å². The van der Waals surface area contributed by atoms with Gasteiger partial charge >= 0.3 is 0 Å². The van der Waals surface area contributed by atoms with E-state index in [2.05, 4.69) is 13.8 Å². The molecule has 2 fully saturated rings. The Morgan fingerprint density at radius 1 is 1.00 bits per heavy atom. The molecule has 0 amide bonds. The molecule has 4 N–H and O–H groups in total. The van der Waals surface area contributed by atoms with Crippen LogP contribution in [-0.4, -0.2) is 10.3 Å². The topological polar surface area (TPSA) is 52.0 Å². The fourth-order valence-corrected chi connectivity index (χ4v) is 8.61. The van der Waals surface area contributed by atoms with Gasteiger partial charge in [-0.15, -0.1) is 0 Å². The van der Waals surface area contributed by atoms with E-state index in [1.165, 1.54) is 38.5 Å². The Labute approximate surface area is 81.9 Å². The van der Waals surface area contributed by atoms with Gasteiger partial charge in [0.1, 0.15) is 0 Å². The molecule has 2 aliphatic rings. The number of fused-ring (bicyclic) bond motifs is 1. The van der Waals surface area contributed by atoms with Crippen LogP contribution in [-0.2, 0) is 0 Å². The average molecular weight is 201 g/mol. The van der Waals surface area contributed by atoms with Crippen molar-refractivity contribution in [2.45, 2.75) is 62.7 Å².